The summed E-state index contributed by atoms with van der Waals surface area (Å²) in [5.41, 5.74) is 0.590. The SMILES string of the molecule is COc1nccc(OC2CCCN(C(=O)c3cccc(Cl)c3)C2)n1. The summed E-state index contributed by atoms with van der Waals surface area (Å²) in [7, 11) is 1.51. The third-order valence-electron chi connectivity index (χ3n) is 3.81. The Balaban J connectivity index is 1.66. The number of amides is 1. The molecule has 0 saturated carbocycles. The molecule has 2 aromatic rings. The van der Waals surface area contributed by atoms with E-state index in [1.807, 2.05) is 0 Å². The number of hydrogen-bond acceptors (Lipinski definition) is 5. The molecule has 1 fully saturated rings. The van der Waals surface area contributed by atoms with Gasteiger partial charge in [0.25, 0.3) is 5.91 Å². The number of rotatable bonds is 4. The van der Waals surface area contributed by atoms with Crippen molar-refractivity contribution in [3.63, 3.8) is 0 Å². The zero-order valence-electron chi connectivity index (χ0n) is 13.3. The second-order valence-corrected chi connectivity index (χ2v) is 5.96. The molecule has 0 bridgehead atoms. The predicted molar refractivity (Wildman–Crippen MR) is 89.6 cm³/mol. The lowest BCUT2D eigenvalue weighted by Gasteiger charge is -2.32. The van der Waals surface area contributed by atoms with Crippen LogP contribution in [0.1, 0.15) is 23.2 Å². The zero-order valence-corrected chi connectivity index (χ0v) is 14.1. The molecule has 24 heavy (non-hydrogen) atoms. The van der Waals surface area contributed by atoms with Crippen LogP contribution in [-0.2, 0) is 0 Å². The smallest absolute Gasteiger partial charge is 0.319 e. The molecule has 0 spiro atoms. The van der Waals surface area contributed by atoms with E-state index in [1.54, 1.807) is 41.4 Å². The van der Waals surface area contributed by atoms with Crippen molar-refractivity contribution in [2.24, 2.45) is 0 Å². The van der Waals surface area contributed by atoms with Gasteiger partial charge in [0.1, 0.15) is 6.10 Å². The summed E-state index contributed by atoms with van der Waals surface area (Å²) in [5, 5.41) is 0.554. The molecule has 1 amide bonds. The van der Waals surface area contributed by atoms with Crippen molar-refractivity contribution in [2.75, 3.05) is 20.2 Å². The van der Waals surface area contributed by atoms with E-state index in [0.717, 1.165) is 12.8 Å². The van der Waals surface area contributed by atoms with Gasteiger partial charge in [-0.2, -0.15) is 4.98 Å². The molecule has 6 nitrogen and oxygen atoms in total. The molecule has 1 aromatic heterocycles. The van der Waals surface area contributed by atoms with Gasteiger partial charge in [-0.25, -0.2) is 4.98 Å². The number of ether oxygens (including phenoxy) is 2. The van der Waals surface area contributed by atoms with E-state index in [1.165, 1.54) is 7.11 Å². The molecular formula is C17H18ClN3O3. The Hall–Kier alpha value is -2.34. The van der Waals surface area contributed by atoms with Crippen molar-refractivity contribution < 1.29 is 14.3 Å². The van der Waals surface area contributed by atoms with Crippen LogP contribution in [-0.4, -0.2) is 47.1 Å². The summed E-state index contributed by atoms with van der Waals surface area (Å²) in [6.45, 7) is 1.22. The van der Waals surface area contributed by atoms with E-state index in [4.69, 9.17) is 21.1 Å². The molecule has 7 heteroatoms. The number of halogens is 1. The van der Waals surface area contributed by atoms with Gasteiger partial charge >= 0.3 is 6.01 Å². The predicted octanol–water partition coefficient (Wildman–Crippen LogP) is 2.82. The van der Waals surface area contributed by atoms with Gasteiger partial charge in [-0.05, 0) is 31.0 Å². The molecule has 1 aliphatic heterocycles. The zero-order chi connectivity index (χ0) is 16.9. The Kier molecular flexibility index (Phi) is 5.15. The summed E-state index contributed by atoms with van der Waals surface area (Å²) in [6, 6.07) is 8.93. The third-order valence-corrected chi connectivity index (χ3v) is 4.05. The number of hydrogen-bond donors (Lipinski definition) is 0. The number of aromatic nitrogens is 2. The van der Waals surface area contributed by atoms with Gasteiger partial charge in [0.15, 0.2) is 0 Å². The average Bonchev–Trinajstić information content (AvgIpc) is 2.61. The van der Waals surface area contributed by atoms with Crippen LogP contribution in [0.2, 0.25) is 5.02 Å². The van der Waals surface area contributed by atoms with Crippen molar-refractivity contribution in [3.8, 4) is 11.9 Å². The lowest BCUT2D eigenvalue weighted by molar-refractivity contribution is 0.0525. The van der Waals surface area contributed by atoms with Gasteiger partial charge in [-0.15, -0.1) is 0 Å². The fourth-order valence-corrected chi connectivity index (χ4v) is 2.87. The lowest BCUT2D eigenvalue weighted by Crippen LogP contribution is -2.44. The average molecular weight is 348 g/mol. The number of nitrogens with zero attached hydrogens (tertiary/aromatic N) is 3. The molecule has 1 atom stereocenters. The van der Waals surface area contributed by atoms with Crippen LogP contribution in [0.15, 0.2) is 36.5 Å². The Bertz CT molecular complexity index is 726. The monoisotopic (exact) mass is 347 g/mol. The summed E-state index contributed by atoms with van der Waals surface area (Å²) in [5.74, 6) is 0.412. The largest absolute Gasteiger partial charge is 0.472 e. The number of carbonyl (C=O) groups excluding carboxylic acids is 1. The van der Waals surface area contributed by atoms with E-state index in [0.29, 0.717) is 29.6 Å². The van der Waals surface area contributed by atoms with E-state index in [2.05, 4.69) is 9.97 Å². The van der Waals surface area contributed by atoms with Crippen molar-refractivity contribution in [1.29, 1.82) is 0 Å². The number of benzene rings is 1. The second kappa shape index (κ2) is 7.49. The standard InChI is InChI=1S/C17H18ClN3O3/c1-23-17-19-8-7-15(20-17)24-14-6-3-9-21(11-14)16(22)12-4-2-5-13(18)10-12/h2,4-5,7-8,10,14H,3,6,9,11H2,1H3. The highest BCUT2D eigenvalue weighted by atomic mass is 35.5. The van der Waals surface area contributed by atoms with Crippen LogP contribution in [0.5, 0.6) is 11.9 Å². The van der Waals surface area contributed by atoms with Crippen LogP contribution >= 0.6 is 11.6 Å². The molecule has 3 rings (SSSR count). The van der Waals surface area contributed by atoms with Gasteiger partial charge in [-0.3, -0.25) is 4.79 Å². The van der Waals surface area contributed by atoms with E-state index < -0.39 is 0 Å². The van der Waals surface area contributed by atoms with Crippen LogP contribution in [0, 0.1) is 0 Å². The summed E-state index contributed by atoms with van der Waals surface area (Å²) >= 11 is 5.97. The Morgan fingerprint density at radius 1 is 1.38 bits per heavy atom. The van der Waals surface area contributed by atoms with Gasteiger partial charge in [0.2, 0.25) is 5.88 Å². The summed E-state index contributed by atoms with van der Waals surface area (Å²) in [4.78, 5) is 22.5. The maximum absolute atomic E-state index is 12.6. The Labute approximate surface area is 145 Å². The minimum absolute atomic E-state index is 0.0360. The fraction of sp³-hybridized carbons (Fsp3) is 0.353. The lowest BCUT2D eigenvalue weighted by atomic mass is 10.1. The van der Waals surface area contributed by atoms with Crippen molar-refractivity contribution in [1.82, 2.24) is 14.9 Å². The molecule has 1 saturated heterocycles. The molecular weight excluding hydrogens is 330 g/mol. The molecule has 0 aliphatic carbocycles. The normalized spacial score (nSPS) is 17.4. The number of carbonyl (C=O) groups is 1. The van der Waals surface area contributed by atoms with Gasteiger partial charge < -0.3 is 14.4 Å². The van der Waals surface area contributed by atoms with Crippen molar-refractivity contribution >= 4 is 17.5 Å². The molecule has 1 aromatic carbocycles. The Morgan fingerprint density at radius 2 is 2.25 bits per heavy atom. The third kappa shape index (κ3) is 3.94. The van der Waals surface area contributed by atoms with Crippen LogP contribution in [0.4, 0.5) is 0 Å². The topological polar surface area (TPSA) is 64.6 Å². The first-order chi connectivity index (χ1) is 11.7. The van der Waals surface area contributed by atoms with E-state index >= 15 is 0 Å². The minimum Gasteiger partial charge on any atom is -0.472 e. The molecule has 126 valence electrons. The molecule has 1 aliphatic rings. The van der Waals surface area contributed by atoms with Crippen LogP contribution in [0.3, 0.4) is 0 Å². The highest BCUT2D eigenvalue weighted by Crippen LogP contribution is 2.20. The number of methoxy groups -OCH3 is 1. The first kappa shape index (κ1) is 16.5. The number of likely N-dealkylation sites (tertiary alicyclic amines) is 1. The molecule has 2 heterocycles. The van der Waals surface area contributed by atoms with Crippen molar-refractivity contribution in [3.05, 3.63) is 47.1 Å². The van der Waals surface area contributed by atoms with Gasteiger partial charge in [0, 0.05) is 29.4 Å². The maximum atomic E-state index is 12.6. The van der Waals surface area contributed by atoms with Crippen LogP contribution in [0.25, 0.3) is 0 Å². The molecule has 1 unspecified atom stereocenters. The maximum Gasteiger partial charge on any atom is 0.319 e. The van der Waals surface area contributed by atoms with E-state index in [9.17, 15) is 4.79 Å². The summed E-state index contributed by atoms with van der Waals surface area (Å²) in [6.07, 6.45) is 3.21. The second-order valence-electron chi connectivity index (χ2n) is 5.53. The Morgan fingerprint density at radius 3 is 3.04 bits per heavy atom. The van der Waals surface area contributed by atoms with Gasteiger partial charge in [0.05, 0.1) is 13.7 Å². The van der Waals surface area contributed by atoms with Gasteiger partial charge in [-0.1, -0.05) is 17.7 Å². The van der Waals surface area contributed by atoms with E-state index in [-0.39, 0.29) is 18.0 Å². The molecule has 0 N–H and O–H groups in total. The first-order valence-electron chi connectivity index (χ1n) is 7.74. The van der Waals surface area contributed by atoms with Crippen molar-refractivity contribution in [2.45, 2.75) is 18.9 Å². The first-order valence-corrected chi connectivity index (χ1v) is 8.12. The molecule has 0 radical (unpaired) electrons. The van der Waals surface area contributed by atoms with Crippen LogP contribution < -0.4 is 9.47 Å². The fourth-order valence-electron chi connectivity index (χ4n) is 2.68. The summed E-state index contributed by atoms with van der Waals surface area (Å²) < 4.78 is 10.9. The number of piperidine rings is 1. The highest BCUT2D eigenvalue weighted by Gasteiger charge is 2.26. The minimum atomic E-state index is -0.110. The quantitative estimate of drug-likeness (QED) is 0.851. The highest BCUT2D eigenvalue weighted by molar-refractivity contribution is 6.30.